The molecule has 3 rings (SSSR count). The van der Waals surface area contributed by atoms with E-state index in [9.17, 15) is 26.2 Å². The summed E-state index contributed by atoms with van der Waals surface area (Å²) in [6.07, 6.45) is -2.04. The zero-order valence-electron chi connectivity index (χ0n) is 19.5. The first-order valence-electron chi connectivity index (χ1n) is 11.9. The van der Waals surface area contributed by atoms with Gasteiger partial charge in [0.15, 0.2) is 0 Å². The van der Waals surface area contributed by atoms with Crippen molar-refractivity contribution < 1.29 is 35.6 Å². The van der Waals surface area contributed by atoms with Gasteiger partial charge in [-0.3, -0.25) is 4.21 Å². The Labute approximate surface area is 205 Å². The highest BCUT2D eigenvalue weighted by atomic mass is 32.2. The Kier molecular flexibility index (Phi) is 9.95. The zero-order valence-corrected chi connectivity index (χ0v) is 20.3. The lowest BCUT2D eigenvalue weighted by Gasteiger charge is -2.26. The Bertz CT molecular complexity index is 947. The molecule has 194 valence electrons. The summed E-state index contributed by atoms with van der Waals surface area (Å²) in [5, 5.41) is 0. The van der Waals surface area contributed by atoms with Crippen LogP contribution in [0.4, 0.5) is 22.0 Å². The average Bonchev–Trinajstić information content (AvgIpc) is 2.82. The topological polar surface area (TPSA) is 35.5 Å². The van der Waals surface area contributed by atoms with Crippen molar-refractivity contribution in [2.45, 2.75) is 69.6 Å². The smallest absolute Gasteiger partial charge is 0.453 e. The van der Waals surface area contributed by atoms with Crippen molar-refractivity contribution >= 4 is 10.8 Å². The largest absolute Gasteiger partial charge is 0.494 e. The van der Waals surface area contributed by atoms with Gasteiger partial charge >= 0.3 is 12.1 Å². The molecule has 2 unspecified atom stereocenters. The molecule has 0 spiro atoms. The number of fused-ring (bicyclic) bond motifs is 1. The van der Waals surface area contributed by atoms with Gasteiger partial charge in [-0.2, -0.15) is 22.0 Å². The molecule has 1 heterocycles. The first-order valence-corrected chi connectivity index (χ1v) is 13.4. The second-order valence-electron chi connectivity index (χ2n) is 8.78. The molecule has 2 aromatic rings. The van der Waals surface area contributed by atoms with Gasteiger partial charge in [-0.15, -0.1) is 0 Å². The van der Waals surface area contributed by atoms with Crippen molar-refractivity contribution in [1.29, 1.82) is 0 Å². The average molecular weight is 519 g/mol. The molecule has 2 aromatic carbocycles. The SMILES string of the molecule is O=S(CCCc1ccc(OCCCC2CCc3ccccc3O2)cc1)CCCC(F)(F)C(F)(F)F. The highest BCUT2D eigenvalue weighted by Gasteiger charge is 2.56. The van der Waals surface area contributed by atoms with Gasteiger partial charge in [-0.1, -0.05) is 30.3 Å². The van der Waals surface area contributed by atoms with Crippen LogP contribution in [0.1, 0.15) is 49.7 Å². The maximum absolute atomic E-state index is 12.9. The molecule has 0 N–H and O–H groups in total. The molecule has 0 aromatic heterocycles. The lowest BCUT2D eigenvalue weighted by atomic mass is 10.00. The predicted octanol–water partition coefficient (Wildman–Crippen LogP) is 6.90. The maximum atomic E-state index is 12.9. The maximum Gasteiger partial charge on any atom is 0.453 e. The second kappa shape index (κ2) is 12.7. The highest BCUT2D eigenvalue weighted by molar-refractivity contribution is 7.84. The molecular weight excluding hydrogens is 487 g/mol. The summed E-state index contributed by atoms with van der Waals surface area (Å²) >= 11 is 0. The summed E-state index contributed by atoms with van der Waals surface area (Å²) in [5.41, 5.74) is 2.28. The molecule has 3 nitrogen and oxygen atoms in total. The number of ether oxygens (including phenoxy) is 2. The summed E-state index contributed by atoms with van der Waals surface area (Å²) in [4.78, 5) is 0. The molecule has 0 bridgehead atoms. The van der Waals surface area contributed by atoms with Crippen LogP contribution in [0.25, 0.3) is 0 Å². The Morgan fingerprint density at radius 3 is 2.40 bits per heavy atom. The minimum atomic E-state index is -5.55. The number of rotatable bonds is 13. The van der Waals surface area contributed by atoms with Gasteiger partial charge in [0.1, 0.15) is 11.5 Å². The number of hydrogen-bond acceptors (Lipinski definition) is 3. The van der Waals surface area contributed by atoms with E-state index in [-0.39, 0.29) is 17.6 Å². The van der Waals surface area contributed by atoms with E-state index in [1.807, 2.05) is 42.5 Å². The summed E-state index contributed by atoms with van der Waals surface area (Å²) in [6.45, 7) is 0.590. The molecule has 0 radical (unpaired) electrons. The van der Waals surface area contributed by atoms with Crippen LogP contribution in [0.2, 0.25) is 0 Å². The summed E-state index contributed by atoms with van der Waals surface area (Å²) in [6, 6.07) is 15.7. The highest BCUT2D eigenvalue weighted by Crippen LogP contribution is 2.38. The van der Waals surface area contributed by atoms with E-state index in [0.29, 0.717) is 19.4 Å². The van der Waals surface area contributed by atoms with Gasteiger partial charge in [0.25, 0.3) is 0 Å². The van der Waals surface area contributed by atoms with Crippen LogP contribution < -0.4 is 9.47 Å². The van der Waals surface area contributed by atoms with Crippen LogP contribution in [-0.2, 0) is 23.6 Å². The quantitative estimate of drug-likeness (QED) is 0.214. The van der Waals surface area contributed by atoms with Gasteiger partial charge in [0.05, 0.1) is 12.7 Å². The van der Waals surface area contributed by atoms with Gasteiger partial charge in [-0.05, 0) is 74.3 Å². The third-order valence-electron chi connectivity index (χ3n) is 5.98. The van der Waals surface area contributed by atoms with E-state index in [4.69, 9.17) is 9.47 Å². The molecule has 0 aliphatic carbocycles. The zero-order chi connectivity index (χ0) is 25.3. The molecular formula is C26H31F5O3S. The van der Waals surface area contributed by atoms with Gasteiger partial charge in [0.2, 0.25) is 0 Å². The van der Waals surface area contributed by atoms with Crippen molar-refractivity contribution in [3.63, 3.8) is 0 Å². The fraction of sp³-hybridized carbons (Fsp3) is 0.538. The summed E-state index contributed by atoms with van der Waals surface area (Å²) in [7, 11) is -1.42. The molecule has 0 saturated heterocycles. The fourth-order valence-electron chi connectivity index (χ4n) is 3.97. The molecule has 2 atom stereocenters. The summed E-state index contributed by atoms with van der Waals surface area (Å²) < 4.78 is 86.0. The van der Waals surface area contributed by atoms with E-state index < -0.39 is 35.7 Å². The number of para-hydroxylation sites is 1. The lowest BCUT2D eigenvalue weighted by Crippen LogP contribution is -2.36. The predicted molar refractivity (Wildman–Crippen MR) is 127 cm³/mol. The van der Waals surface area contributed by atoms with Crippen molar-refractivity contribution in [2.24, 2.45) is 0 Å². The van der Waals surface area contributed by atoms with E-state index in [2.05, 4.69) is 6.07 Å². The third-order valence-corrected chi connectivity index (χ3v) is 7.47. The van der Waals surface area contributed by atoms with Gasteiger partial charge in [0, 0.05) is 28.7 Å². The minimum absolute atomic E-state index is 0.156. The van der Waals surface area contributed by atoms with Crippen molar-refractivity contribution in [2.75, 3.05) is 18.1 Å². The minimum Gasteiger partial charge on any atom is -0.494 e. The molecule has 0 saturated carbocycles. The number of alkyl halides is 5. The third kappa shape index (κ3) is 8.78. The number of aryl methyl sites for hydroxylation is 2. The van der Waals surface area contributed by atoms with Crippen LogP contribution in [0, 0.1) is 0 Å². The van der Waals surface area contributed by atoms with E-state index in [1.54, 1.807) is 0 Å². The first kappa shape index (κ1) is 27.4. The number of hydrogen-bond donors (Lipinski definition) is 0. The van der Waals surface area contributed by atoms with Crippen molar-refractivity contribution in [1.82, 2.24) is 0 Å². The van der Waals surface area contributed by atoms with E-state index >= 15 is 0 Å². The standard InChI is InChI=1S/C26H31F5O3S/c27-25(28,26(29,30)31)16-5-19-35(32)18-4-6-20-10-13-22(14-11-20)33-17-3-8-23-15-12-21-7-1-2-9-24(21)34-23/h1-2,7,9-11,13-14,23H,3-6,8,12,15-19H2. The Hall–Kier alpha value is -2.16. The number of benzene rings is 2. The fourth-order valence-corrected chi connectivity index (χ4v) is 5.11. The molecule has 35 heavy (non-hydrogen) atoms. The van der Waals surface area contributed by atoms with Crippen LogP contribution in [0.15, 0.2) is 48.5 Å². The van der Waals surface area contributed by atoms with Crippen LogP contribution in [-0.4, -0.2) is 40.5 Å². The molecule has 1 aliphatic rings. The summed E-state index contributed by atoms with van der Waals surface area (Å²) in [5.74, 6) is -2.87. The van der Waals surface area contributed by atoms with Gasteiger partial charge < -0.3 is 9.47 Å². The Morgan fingerprint density at radius 1 is 0.943 bits per heavy atom. The molecule has 9 heteroatoms. The normalized spacial score (nSPS) is 16.9. The van der Waals surface area contributed by atoms with Crippen LogP contribution in [0.5, 0.6) is 11.5 Å². The van der Waals surface area contributed by atoms with Crippen LogP contribution >= 0.6 is 0 Å². The molecule has 0 fully saturated rings. The van der Waals surface area contributed by atoms with Crippen molar-refractivity contribution in [3.05, 3.63) is 59.7 Å². The van der Waals surface area contributed by atoms with Crippen molar-refractivity contribution in [3.8, 4) is 11.5 Å². The Balaban J connectivity index is 1.27. The van der Waals surface area contributed by atoms with E-state index in [1.165, 1.54) is 5.56 Å². The molecule has 1 aliphatic heterocycles. The van der Waals surface area contributed by atoms with Gasteiger partial charge in [-0.25, -0.2) is 0 Å². The second-order valence-corrected chi connectivity index (χ2v) is 10.5. The van der Waals surface area contributed by atoms with Crippen LogP contribution in [0.3, 0.4) is 0 Å². The first-order chi connectivity index (χ1) is 16.6. The molecule has 0 amide bonds. The number of halogens is 5. The van der Waals surface area contributed by atoms with E-state index in [0.717, 1.165) is 42.7 Å². The Morgan fingerprint density at radius 2 is 1.66 bits per heavy atom. The lowest BCUT2D eigenvalue weighted by molar-refractivity contribution is -0.284. The monoisotopic (exact) mass is 518 g/mol.